The average molecular weight is 399 g/mol. The van der Waals surface area contributed by atoms with E-state index in [0.29, 0.717) is 19.5 Å². The van der Waals surface area contributed by atoms with Crippen LogP contribution in [0.2, 0.25) is 0 Å². The third-order valence-corrected chi connectivity index (χ3v) is 5.27. The highest BCUT2D eigenvalue weighted by Gasteiger charge is 2.16. The quantitative estimate of drug-likeness (QED) is 0.516. The van der Waals surface area contributed by atoms with E-state index in [-0.39, 0.29) is 5.91 Å². The number of hydrogen-bond acceptors (Lipinski definition) is 3. The summed E-state index contributed by atoms with van der Waals surface area (Å²) in [6, 6.07) is 20.0. The van der Waals surface area contributed by atoms with Gasteiger partial charge in [0.15, 0.2) is 0 Å². The summed E-state index contributed by atoms with van der Waals surface area (Å²) >= 11 is 0. The molecule has 0 atom stereocenters. The monoisotopic (exact) mass is 399 g/mol. The molecule has 2 aromatic carbocycles. The Kier molecular flexibility index (Phi) is 5.75. The first-order chi connectivity index (χ1) is 14.6. The lowest BCUT2D eigenvalue weighted by molar-refractivity contribution is -0.120. The highest BCUT2D eigenvalue weighted by molar-refractivity contribution is 5.79. The molecule has 30 heavy (non-hydrogen) atoms. The molecule has 0 unspecified atom stereocenters. The van der Waals surface area contributed by atoms with Gasteiger partial charge in [-0.3, -0.25) is 9.48 Å². The number of para-hydroxylation sites is 1. The molecule has 2 heterocycles. The van der Waals surface area contributed by atoms with Gasteiger partial charge in [0.1, 0.15) is 0 Å². The Bertz CT molecular complexity index is 1130. The van der Waals surface area contributed by atoms with Crippen LogP contribution in [0.5, 0.6) is 0 Å². The number of carbonyl (C=O) groups excluding carboxylic acids is 1. The molecule has 6 heteroatoms. The fourth-order valence-corrected chi connectivity index (χ4v) is 3.62. The predicted octanol–water partition coefficient (Wildman–Crippen LogP) is 3.59. The summed E-state index contributed by atoms with van der Waals surface area (Å²) in [5.41, 5.74) is 6.08. The second-order valence-corrected chi connectivity index (χ2v) is 7.32. The number of carbonyl (C=O) groups is 1. The highest BCUT2D eigenvalue weighted by atomic mass is 16.1. The molecule has 0 spiro atoms. The molecular formula is C24H25N5O. The molecule has 1 N–H and O–H groups in total. The highest BCUT2D eigenvalue weighted by Crippen LogP contribution is 2.18. The maximum atomic E-state index is 12.7. The van der Waals surface area contributed by atoms with E-state index in [1.54, 1.807) is 6.20 Å². The lowest BCUT2D eigenvalue weighted by Crippen LogP contribution is -2.25. The second kappa shape index (κ2) is 8.78. The van der Waals surface area contributed by atoms with Gasteiger partial charge in [0.2, 0.25) is 5.91 Å². The molecule has 6 nitrogen and oxygen atoms in total. The van der Waals surface area contributed by atoms with Gasteiger partial charge in [-0.2, -0.15) is 10.2 Å². The summed E-state index contributed by atoms with van der Waals surface area (Å²) in [5.74, 6) is -0.0114. The van der Waals surface area contributed by atoms with Crippen molar-refractivity contribution in [3.8, 4) is 5.69 Å². The van der Waals surface area contributed by atoms with Crippen LogP contribution in [0.25, 0.3) is 5.69 Å². The maximum absolute atomic E-state index is 12.7. The van der Waals surface area contributed by atoms with Crippen molar-refractivity contribution in [2.45, 2.75) is 33.4 Å². The van der Waals surface area contributed by atoms with Crippen LogP contribution < -0.4 is 5.32 Å². The Hall–Kier alpha value is -3.67. The van der Waals surface area contributed by atoms with Gasteiger partial charge in [-0.25, -0.2) is 4.68 Å². The number of aryl methyl sites for hydroxylation is 1. The number of nitrogens with zero attached hydrogens (tertiary/aromatic N) is 4. The summed E-state index contributed by atoms with van der Waals surface area (Å²) in [4.78, 5) is 12.7. The minimum atomic E-state index is -0.0114. The van der Waals surface area contributed by atoms with E-state index in [4.69, 9.17) is 0 Å². The molecule has 152 valence electrons. The van der Waals surface area contributed by atoms with Crippen LogP contribution in [0.4, 0.5) is 0 Å². The standard InChI is InChI=1S/C24H25N5O/c1-18-23(19(2)29(27-18)22-11-4-3-5-12-22)15-24(30)25-16-20-9-6-7-10-21(20)17-28-14-8-13-26-28/h3-14H,15-17H2,1-2H3,(H,25,30). The first-order valence-electron chi connectivity index (χ1n) is 10.0. The Morgan fingerprint density at radius 2 is 1.70 bits per heavy atom. The van der Waals surface area contributed by atoms with Crippen LogP contribution in [0, 0.1) is 13.8 Å². The normalized spacial score (nSPS) is 10.9. The van der Waals surface area contributed by atoms with Gasteiger partial charge in [0.05, 0.1) is 24.3 Å². The third-order valence-electron chi connectivity index (χ3n) is 5.27. The Balaban J connectivity index is 1.44. The summed E-state index contributed by atoms with van der Waals surface area (Å²) in [6.07, 6.45) is 4.02. The van der Waals surface area contributed by atoms with Gasteiger partial charge in [0.25, 0.3) is 0 Å². The first kappa shape index (κ1) is 19.6. The van der Waals surface area contributed by atoms with E-state index < -0.39 is 0 Å². The van der Waals surface area contributed by atoms with Crippen LogP contribution >= 0.6 is 0 Å². The molecule has 0 saturated carbocycles. The van der Waals surface area contributed by atoms with Crippen molar-refractivity contribution in [1.29, 1.82) is 0 Å². The van der Waals surface area contributed by atoms with Crippen molar-refractivity contribution in [2.24, 2.45) is 0 Å². The van der Waals surface area contributed by atoms with Crippen LogP contribution in [0.15, 0.2) is 73.1 Å². The van der Waals surface area contributed by atoms with Crippen molar-refractivity contribution in [1.82, 2.24) is 24.9 Å². The van der Waals surface area contributed by atoms with E-state index in [1.807, 2.05) is 84.0 Å². The van der Waals surface area contributed by atoms with E-state index in [0.717, 1.165) is 33.8 Å². The first-order valence-corrected chi connectivity index (χ1v) is 10.0. The number of nitrogens with one attached hydrogen (secondary N) is 1. The van der Waals surface area contributed by atoms with Crippen molar-refractivity contribution in [3.05, 3.63) is 101 Å². The molecule has 0 fully saturated rings. The number of aromatic nitrogens is 4. The van der Waals surface area contributed by atoms with Gasteiger partial charge in [-0.1, -0.05) is 42.5 Å². The van der Waals surface area contributed by atoms with Crippen molar-refractivity contribution >= 4 is 5.91 Å². The molecule has 4 rings (SSSR count). The fraction of sp³-hybridized carbons (Fsp3) is 0.208. The summed E-state index contributed by atoms with van der Waals surface area (Å²) < 4.78 is 3.78. The van der Waals surface area contributed by atoms with Crippen LogP contribution in [0.1, 0.15) is 28.1 Å². The lowest BCUT2D eigenvalue weighted by Gasteiger charge is -2.11. The summed E-state index contributed by atoms with van der Waals surface area (Å²) in [7, 11) is 0. The van der Waals surface area contributed by atoms with Crippen LogP contribution in [0.3, 0.4) is 0 Å². The van der Waals surface area contributed by atoms with Crippen LogP contribution in [-0.4, -0.2) is 25.5 Å². The predicted molar refractivity (Wildman–Crippen MR) is 116 cm³/mol. The SMILES string of the molecule is Cc1nn(-c2ccccc2)c(C)c1CC(=O)NCc1ccccc1Cn1cccn1. The molecule has 0 aliphatic rings. The third kappa shape index (κ3) is 4.33. The lowest BCUT2D eigenvalue weighted by atomic mass is 10.1. The van der Waals surface area contributed by atoms with E-state index in [9.17, 15) is 4.79 Å². The molecule has 0 saturated heterocycles. The molecule has 0 aliphatic heterocycles. The molecule has 1 amide bonds. The smallest absolute Gasteiger partial charge is 0.224 e. The molecule has 2 aromatic heterocycles. The van der Waals surface area contributed by atoms with Crippen molar-refractivity contribution in [2.75, 3.05) is 0 Å². The maximum Gasteiger partial charge on any atom is 0.224 e. The van der Waals surface area contributed by atoms with Gasteiger partial charge >= 0.3 is 0 Å². The molecule has 0 radical (unpaired) electrons. The number of benzene rings is 2. The molecule has 4 aromatic rings. The van der Waals surface area contributed by atoms with E-state index in [1.165, 1.54) is 0 Å². The minimum Gasteiger partial charge on any atom is -0.352 e. The van der Waals surface area contributed by atoms with Gasteiger partial charge in [-0.05, 0) is 43.2 Å². The fourth-order valence-electron chi connectivity index (χ4n) is 3.62. The zero-order valence-corrected chi connectivity index (χ0v) is 17.2. The minimum absolute atomic E-state index is 0.0114. The van der Waals surface area contributed by atoms with Crippen molar-refractivity contribution < 1.29 is 4.79 Å². The average Bonchev–Trinajstić information content (AvgIpc) is 3.37. The van der Waals surface area contributed by atoms with Gasteiger partial charge in [0, 0.05) is 30.2 Å². The zero-order valence-electron chi connectivity index (χ0n) is 17.2. The van der Waals surface area contributed by atoms with E-state index in [2.05, 4.69) is 21.6 Å². The number of hydrogen-bond donors (Lipinski definition) is 1. The number of amides is 1. The molecule has 0 aliphatic carbocycles. The summed E-state index contributed by atoms with van der Waals surface area (Å²) in [6.45, 7) is 5.13. The van der Waals surface area contributed by atoms with Crippen LogP contribution in [-0.2, 0) is 24.3 Å². The summed E-state index contributed by atoms with van der Waals surface area (Å²) in [5, 5.41) is 12.0. The van der Waals surface area contributed by atoms with Gasteiger partial charge in [-0.15, -0.1) is 0 Å². The van der Waals surface area contributed by atoms with Gasteiger partial charge < -0.3 is 5.32 Å². The largest absolute Gasteiger partial charge is 0.352 e. The number of rotatable bonds is 7. The molecular weight excluding hydrogens is 374 g/mol. The Labute approximate surface area is 176 Å². The second-order valence-electron chi connectivity index (χ2n) is 7.32. The Morgan fingerprint density at radius 1 is 0.967 bits per heavy atom. The Morgan fingerprint density at radius 3 is 2.43 bits per heavy atom. The zero-order chi connectivity index (χ0) is 20.9. The topological polar surface area (TPSA) is 64.7 Å². The van der Waals surface area contributed by atoms with Crippen molar-refractivity contribution in [3.63, 3.8) is 0 Å². The van der Waals surface area contributed by atoms with E-state index >= 15 is 0 Å². The molecule has 0 bridgehead atoms.